The van der Waals surface area contributed by atoms with Crippen LogP contribution in [0.15, 0.2) is 16.8 Å². The lowest BCUT2D eigenvalue weighted by Crippen LogP contribution is -2.59. The molecule has 0 aromatic carbocycles. The predicted molar refractivity (Wildman–Crippen MR) is 101 cm³/mol. The molecule has 2 heterocycles. The zero-order chi connectivity index (χ0) is 20.7. The van der Waals surface area contributed by atoms with Crippen molar-refractivity contribution in [1.29, 1.82) is 0 Å². The minimum Gasteiger partial charge on any atom is -0.390 e. The molecule has 4 bridgehead atoms. The van der Waals surface area contributed by atoms with Crippen LogP contribution in [0.25, 0.3) is 17.5 Å². The van der Waals surface area contributed by atoms with Crippen molar-refractivity contribution in [2.75, 3.05) is 5.32 Å². The second-order valence-corrected chi connectivity index (χ2v) is 9.30. The van der Waals surface area contributed by atoms with Gasteiger partial charge in [0.05, 0.1) is 22.5 Å². The van der Waals surface area contributed by atoms with Crippen molar-refractivity contribution < 1.29 is 22.8 Å². The molecule has 7 rings (SSSR count). The minimum atomic E-state index is -4.69. The Morgan fingerprint density at radius 2 is 1.93 bits per heavy atom. The normalized spacial score (nSPS) is 33.9. The lowest BCUT2D eigenvalue weighted by Gasteiger charge is -2.58. The zero-order valence-electron chi connectivity index (χ0n) is 16.1. The molecule has 4 saturated carbocycles. The van der Waals surface area contributed by atoms with Crippen LogP contribution in [0.1, 0.15) is 49.3 Å². The number of hydrogen-bond donors (Lipinski definition) is 2. The molecule has 2 aromatic heterocycles. The van der Waals surface area contributed by atoms with E-state index in [1.54, 1.807) is 0 Å². The zero-order valence-corrected chi connectivity index (χ0v) is 16.1. The summed E-state index contributed by atoms with van der Waals surface area (Å²) in [5.41, 5.74) is 2.33. The third-order valence-corrected chi connectivity index (χ3v) is 7.26. The van der Waals surface area contributed by atoms with Gasteiger partial charge < -0.3 is 14.9 Å². The van der Waals surface area contributed by atoms with E-state index in [4.69, 9.17) is 0 Å². The fourth-order valence-electron chi connectivity index (χ4n) is 6.35. The predicted octanol–water partition coefficient (Wildman–Crippen LogP) is 4.07. The molecule has 30 heavy (non-hydrogen) atoms. The highest BCUT2D eigenvalue weighted by Crippen LogP contribution is 2.56. The average Bonchev–Trinajstić information content (AvgIpc) is 3.32. The van der Waals surface area contributed by atoms with Gasteiger partial charge in [-0.3, -0.25) is 4.98 Å². The van der Waals surface area contributed by atoms with Crippen molar-refractivity contribution in [3.63, 3.8) is 0 Å². The number of nitrogens with zero attached hydrogens (tertiary/aromatic N) is 3. The summed E-state index contributed by atoms with van der Waals surface area (Å²) in [5, 5.41) is 18.1. The molecular weight excluding hydrogens is 397 g/mol. The van der Waals surface area contributed by atoms with Crippen molar-refractivity contribution in [3.8, 4) is 11.4 Å². The van der Waals surface area contributed by atoms with Crippen molar-refractivity contribution in [2.24, 2.45) is 17.8 Å². The van der Waals surface area contributed by atoms with Crippen LogP contribution in [-0.4, -0.2) is 31.9 Å². The molecule has 0 aliphatic heterocycles. The number of aliphatic hydroxyl groups is 1. The van der Waals surface area contributed by atoms with E-state index in [1.165, 1.54) is 6.20 Å². The number of aromatic nitrogens is 3. The van der Waals surface area contributed by atoms with Gasteiger partial charge in [0, 0.05) is 24.2 Å². The highest BCUT2D eigenvalue weighted by atomic mass is 19.4. The van der Waals surface area contributed by atoms with Gasteiger partial charge in [-0.25, -0.2) is 0 Å². The first-order valence-corrected chi connectivity index (χ1v) is 10.4. The number of allylic oxidation sites excluding steroid dienone is 1. The Balaban J connectivity index is 1.39. The summed E-state index contributed by atoms with van der Waals surface area (Å²) < 4.78 is 43.4. The number of anilines is 1. The topological polar surface area (TPSA) is 84.1 Å². The summed E-state index contributed by atoms with van der Waals surface area (Å²) in [7, 11) is 0. The number of rotatable bonds is 3. The Labute approximate surface area is 170 Å². The van der Waals surface area contributed by atoms with Crippen LogP contribution in [-0.2, 0) is 12.6 Å². The van der Waals surface area contributed by atoms with Crippen molar-refractivity contribution >= 4 is 11.8 Å². The molecule has 4 fully saturated rings. The first-order chi connectivity index (χ1) is 14.3. The van der Waals surface area contributed by atoms with Gasteiger partial charge in [-0.1, -0.05) is 17.3 Å². The Morgan fingerprint density at radius 3 is 2.60 bits per heavy atom. The summed E-state index contributed by atoms with van der Waals surface area (Å²) in [5.74, 6) is -0.225. The molecule has 0 spiro atoms. The van der Waals surface area contributed by atoms with Gasteiger partial charge in [-0.2, -0.15) is 18.2 Å². The van der Waals surface area contributed by atoms with Gasteiger partial charge in [-0.05, 0) is 49.9 Å². The van der Waals surface area contributed by atoms with Crippen molar-refractivity contribution in [3.05, 3.63) is 29.4 Å². The van der Waals surface area contributed by atoms with Gasteiger partial charge in [0.25, 0.3) is 0 Å². The number of fused-ring (bicyclic) bond motifs is 1. The van der Waals surface area contributed by atoms with Crippen molar-refractivity contribution in [2.45, 2.75) is 56.3 Å². The molecule has 9 heteroatoms. The molecule has 0 saturated heterocycles. The van der Waals surface area contributed by atoms with Crippen LogP contribution in [0.2, 0.25) is 0 Å². The second kappa shape index (κ2) is 6.06. The SMILES string of the molecule is OC12CC3CC(C1)C(Nc1c(-c4noc(C(F)(F)F)n4)cnc4c1C=CC4)C(C3)C2. The number of pyridine rings is 1. The lowest BCUT2D eigenvalue weighted by molar-refractivity contribution is -0.159. The molecule has 158 valence electrons. The van der Waals surface area contributed by atoms with Gasteiger partial charge in [0.15, 0.2) is 0 Å². The van der Waals surface area contributed by atoms with Crippen LogP contribution < -0.4 is 5.32 Å². The Bertz CT molecular complexity index is 1030. The highest BCUT2D eigenvalue weighted by Gasteiger charge is 2.55. The van der Waals surface area contributed by atoms with E-state index in [2.05, 4.69) is 25.0 Å². The number of nitrogens with one attached hydrogen (secondary N) is 1. The van der Waals surface area contributed by atoms with Gasteiger partial charge in [0.1, 0.15) is 0 Å². The maximum atomic E-state index is 13.0. The third kappa shape index (κ3) is 2.78. The molecule has 2 atom stereocenters. The van der Waals surface area contributed by atoms with E-state index in [0.29, 0.717) is 35.4 Å². The van der Waals surface area contributed by atoms with E-state index in [1.807, 2.05) is 12.2 Å². The molecular formula is C21H21F3N4O2. The molecule has 5 aliphatic carbocycles. The van der Waals surface area contributed by atoms with Crippen LogP contribution in [0.4, 0.5) is 18.9 Å². The van der Waals surface area contributed by atoms with Crippen LogP contribution in [0.3, 0.4) is 0 Å². The van der Waals surface area contributed by atoms with E-state index in [0.717, 1.165) is 43.4 Å². The first kappa shape index (κ1) is 18.4. The highest BCUT2D eigenvalue weighted by molar-refractivity contribution is 5.84. The van der Waals surface area contributed by atoms with Gasteiger partial charge in [0.2, 0.25) is 5.82 Å². The van der Waals surface area contributed by atoms with Crippen LogP contribution in [0.5, 0.6) is 0 Å². The quantitative estimate of drug-likeness (QED) is 0.782. The van der Waals surface area contributed by atoms with E-state index < -0.39 is 17.7 Å². The Kier molecular flexibility index (Phi) is 3.71. The van der Waals surface area contributed by atoms with Gasteiger partial charge >= 0.3 is 12.1 Å². The molecule has 2 unspecified atom stereocenters. The third-order valence-electron chi connectivity index (χ3n) is 7.26. The average molecular weight is 418 g/mol. The monoisotopic (exact) mass is 418 g/mol. The fourth-order valence-corrected chi connectivity index (χ4v) is 6.35. The maximum absolute atomic E-state index is 13.0. The summed E-state index contributed by atoms with van der Waals surface area (Å²) in [6.45, 7) is 0. The molecule has 2 N–H and O–H groups in total. The summed E-state index contributed by atoms with van der Waals surface area (Å²) in [6, 6.07) is 0.162. The maximum Gasteiger partial charge on any atom is 0.471 e. The second-order valence-electron chi connectivity index (χ2n) is 9.30. The summed E-state index contributed by atoms with van der Waals surface area (Å²) in [4.78, 5) is 8.00. The van der Waals surface area contributed by atoms with Crippen LogP contribution in [0, 0.1) is 17.8 Å². The van der Waals surface area contributed by atoms with E-state index in [-0.39, 0.29) is 11.9 Å². The number of halogens is 3. The van der Waals surface area contributed by atoms with Gasteiger partial charge in [-0.15, -0.1) is 0 Å². The molecule has 5 aliphatic rings. The molecule has 0 amide bonds. The smallest absolute Gasteiger partial charge is 0.390 e. The number of hydrogen-bond acceptors (Lipinski definition) is 6. The van der Waals surface area contributed by atoms with E-state index in [9.17, 15) is 18.3 Å². The Morgan fingerprint density at radius 1 is 1.17 bits per heavy atom. The summed E-state index contributed by atoms with van der Waals surface area (Å²) >= 11 is 0. The van der Waals surface area contributed by atoms with Crippen molar-refractivity contribution in [1.82, 2.24) is 15.1 Å². The van der Waals surface area contributed by atoms with Crippen LogP contribution >= 0.6 is 0 Å². The fraction of sp³-hybridized carbons (Fsp3) is 0.571. The first-order valence-electron chi connectivity index (χ1n) is 10.4. The molecule has 2 aromatic rings. The minimum absolute atomic E-state index is 0.122. The van der Waals surface area contributed by atoms with E-state index >= 15 is 0 Å². The standard InChI is InChI=1S/C21H21F3N4O2/c22-21(23,24)19-27-18(28-30-19)14-9-25-15-3-1-2-13(15)17(14)26-16-11-4-10-5-12(16)8-20(29,6-10)7-11/h1-2,9-12,16,29H,3-8H2,(H,25,26). The molecule has 6 nitrogen and oxygen atoms in total. The largest absolute Gasteiger partial charge is 0.471 e. The summed E-state index contributed by atoms with van der Waals surface area (Å²) in [6.07, 6.45) is 6.06. The lowest BCUT2D eigenvalue weighted by atomic mass is 9.52. The number of alkyl halides is 3. The Hall–Kier alpha value is -2.42. The molecule has 0 radical (unpaired) electrons.